The number of sulfonamides is 1. The summed E-state index contributed by atoms with van der Waals surface area (Å²) < 4.78 is 32.7. The van der Waals surface area contributed by atoms with Gasteiger partial charge in [-0.2, -0.15) is 0 Å². The van der Waals surface area contributed by atoms with E-state index in [1.807, 2.05) is 13.8 Å². The normalized spacial score (nSPS) is 11.0. The van der Waals surface area contributed by atoms with Gasteiger partial charge in [0, 0.05) is 30.3 Å². The third-order valence-electron chi connectivity index (χ3n) is 3.84. The smallest absolute Gasteiger partial charge is 0.261 e. The van der Waals surface area contributed by atoms with Crippen LogP contribution in [-0.4, -0.2) is 39.9 Å². The highest BCUT2D eigenvalue weighted by atomic mass is 32.2. The van der Waals surface area contributed by atoms with Crippen molar-refractivity contribution >= 4 is 27.5 Å². The van der Waals surface area contributed by atoms with Gasteiger partial charge in [0.2, 0.25) is 5.91 Å². The van der Waals surface area contributed by atoms with E-state index in [2.05, 4.69) is 15.4 Å². The largest absolute Gasteiger partial charge is 0.497 e. The van der Waals surface area contributed by atoms with Crippen LogP contribution in [0, 0.1) is 0 Å². The number of carbonyl (C=O) groups is 2. The van der Waals surface area contributed by atoms with Crippen LogP contribution in [0.3, 0.4) is 0 Å². The zero-order valence-electron chi connectivity index (χ0n) is 16.6. The van der Waals surface area contributed by atoms with Crippen LogP contribution in [0.1, 0.15) is 30.6 Å². The highest BCUT2D eigenvalue weighted by molar-refractivity contribution is 7.92. The Morgan fingerprint density at radius 2 is 1.76 bits per heavy atom. The van der Waals surface area contributed by atoms with Gasteiger partial charge in [0.15, 0.2) is 0 Å². The molecule has 0 saturated carbocycles. The quantitative estimate of drug-likeness (QED) is 0.576. The molecule has 0 aliphatic heterocycles. The first kappa shape index (κ1) is 22.2. The average Bonchev–Trinajstić information content (AvgIpc) is 2.67. The van der Waals surface area contributed by atoms with Gasteiger partial charge in [0.05, 0.1) is 12.0 Å². The molecule has 9 heteroatoms. The van der Waals surface area contributed by atoms with Gasteiger partial charge in [-0.05, 0) is 56.3 Å². The van der Waals surface area contributed by atoms with Crippen molar-refractivity contribution in [3.63, 3.8) is 0 Å². The molecule has 0 unspecified atom stereocenters. The first-order chi connectivity index (χ1) is 13.7. The van der Waals surface area contributed by atoms with Gasteiger partial charge < -0.3 is 15.4 Å². The van der Waals surface area contributed by atoms with E-state index in [0.717, 1.165) is 0 Å². The fourth-order valence-corrected chi connectivity index (χ4v) is 3.57. The third-order valence-corrected chi connectivity index (χ3v) is 5.22. The van der Waals surface area contributed by atoms with Crippen molar-refractivity contribution in [2.45, 2.75) is 31.2 Å². The molecule has 8 nitrogen and oxygen atoms in total. The van der Waals surface area contributed by atoms with Crippen LogP contribution in [-0.2, 0) is 14.8 Å². The number of benzene rings is 2. The van der Waals surface area contributed by atoms with Gasteiger partial charge in [-0.1, -0.05) is 6.07 Å². The Bertz CT molecular complexity index is 956. The van der Waals surface area contributed by atoms with Gasteiger partial charge in [-0.3, -0.25) is 14.3 Å². The molecular formula is C20H25N3O5S. The fraction of sp³-hybridized carbons (Fsp3) is 0.300. The predicted octanol–water partition coefficient (Wildman–Crippen LogP) is 2.14. The number of carbonyl (C=O) groups excluding carboxylic acids is 2. The molecule has 0 heterocycles. The maximum absolute atomic E-state index is 12.6. The van der Waals surface area contributed by atoms with Crippen molar-refractivity contribution in [1.29, 1.82) is 0 Å². The van der Waals surface area contributed by atoms with Crippen LogP contribution >= 0.6 is 0 Å². The number of nitrogens with one attached hydrogen (secondary N) is 3. The Morgan fingerprint density at radius 1 is 1.07 bits per heavy atom. The van der Waals surface area contributed by atoms with E-state index in [1.54, 1.807) is 24.3 Å². The van der Waals surface area contributed by atoms with Gasteiger partial charge in [-0.15, -0.1) is 0 Å². The Hall–Kier alpha value is -3.07. The SMILES string of the molecule is COc1ccc(NS(=O)(=O)c2cccc(C(=O)NCCC(=O)NC(C)C)c2)cc1. The summed E-state index contributed by atoms with van der Waals surface area (Å²) in [5.74, 6) is -0.0159. The van der Waals surface area contributed by atoms with Gasteiger partial charge in [0.1, 0.15) is 5.75 Å². The number of amides is 2. The second kappa shape index (κ2) is 9.92. The lowest BCUT2D eigenvalue weighted by molar-refractivity contribution is -0.121. The van der Waals surface area contributed by atoms with Crippen LogP contribution in [0.5, 0.6) is 5.75 Å². The summed E-state index contributed by atoms with van der Waals surface area (Å²) >= 11 is 0. The van der Waals surface area contributed by atoms with Crippen molar-refractivity contribution in [3.05, 3.63) is 54.1 Å². The molecule has 0 bridgehead atoms. The fourth-order valence-electron chi connectivity index (χ4n) is 2.46. The molecule has 29 heavy (non-hydrogen) atoms. The van der Waals surface area contributed by atoms with Crippen LogP contribution < -0.4 is 20.1 Å². The standard InChI is InChI=1S/C20H25N3O5S/c1-14(2)22-19(24)11-12-21-20(25)15-5-4-6-18(13-15)29(26,27)23-16-7-9-17(28-3)10-8-16/h4-10,13-14,23H,11-12H2,1-3H3,(H,21,25)(H,22,24). The van der Waals surface area contributed by atoms with Crippen molar-refractivity contribution in [2.24, 2.45) is 0 Å². The maximum Gasteiger partial charge on any atom is 0.261 e. The number of rotatable bonds is 9. The zero-order chi connectivity index (χ0) is 21.4. The molecular weight excluding hydrogens is 394 g/mol. The summed E-state index contributed by atoms with van der Waals surface area (Å²) in [7, 11) is -2.35. The molecule has 0 fully saturated rings. The monoisotopic (exact) mass is 419 g/mol. The van der Waals surface area contributed by atoms with E-state index in [9.17, 15) is 18.0 Å². The van der Waals surface area contributed by atoms with Gasteiger partial charge in [0.25, 0.3) is 15.9 Å². The van der Waals surface area contributed by atoms with E-state index in [0.29, 0.717) is 11.4 Å². The Balaban J connectivity index is 2.03. The van der Waals surface area contributed by atoms with Crippen molar-refractivity contribution in [1.82, 2.24) is 10.6 Å². The highest BCUT2D eigenvalue weighted by Gasteiger charge is 2.17. The summed E-state index contributed by atoms with van der Waals surface area (Å²) in [5.41, 5.74) is 0.559. The Kier molecular flexibility index (Phi) is 7.60. The topological polar surface area (TPSA) is 114 Å². The second-order valence-electron chi connectivity index (χ2n) is 6.59. The summed E-state index contributed by atoms with van der Waals surface area (Å²) in [6.45, 7) is 3.85. The first-order valence-corrected chi connectivity index (χ1v) is 10.5. The first-order valence-electron chi connectivity index (χ1n) is 9.06. The lowest BCUT2D eigenvalue weighted by Gasteiger charge is -2.11. The molecule has 2 aromatic rings. The minimum Gasteiger partial charge on any atom is -0.497 e. The third kappa shape index (κ3) is 6.79. The van der Waals surface area contributed by atoms with E-state index in [-0.39, 0.29) is 35.4 Å². The zero-order valence-corrected chi connectivity index (χ0v) is 17.4. The van der Waals surface area contributed by atoms with E-state index in [4.69, 9.17) is 4.74 Å². The molecule has 0 aliphatic carbocycles. The van der Waals surface area contributed by atoms with Gasteiger partial charge >= 0.3 is 0 Å². The number of ether oxygens (including phenoxy) is 1. The maximum atomic E-state index is 12.6. The summed E-state index contributed by atoms with van der Waals surface area (Å²) in [5, 5.41) is 5.35. The molecule has 2 amide bonds. The summed E-state index contributed by atoms with van der Waals surface area (Å²) in [6, 6.07) is 12.1. The second-order valence-corrected chi connectivity index (χ2v) is 8.27. The van der Waals surface area contributed by atoms with Crippen LogP contribution in [0.4, 0.5) is 5.69 Å². The Labute approximate surface area is 170 Å². The molecule has 2 rings (SSSR count). The molecule has 0 spiro atoms. The minimum atomic E-state index is -3.87. The molecule has 0 radical (unpaired) electrons. The van der Waals surface area contributed by atoms with E-state index in [1.165, 1.54) is 31.4 Å². The molecule has 0 saturated heterocycles. The van der Waals surface area contributed by atoms with Crippen LogP contribution in [0.2, 0.25) is 0 Å². The summed E-state index contributed by atoms with van der Waals surface area (Å²) in [4.78, 5) is 23.9. The lowest BCUT2D eigenvalue weighted by atomic mass is 10.2. The van der Waals surface area contributed by atoms with E-state index < -0.39 is 15.9 Å². The molecule has 156 valence electrons. The summed E-state index contributed by atoms with van der Waals surface area (Å²) in [6.07, 6.45) is 0.140. The lowest BCUT2D eigenvalue weighted by Crippen LogP contribution is -2.34. The van der Waals surface area contributed by atoms with Gasteiger partial charge in [-0.25, -0.2) is 8.42 Å². The number of hydrogen-bond donors (Lipinski definition) is 3. The molecule has 2 aromatic carbocycles. The van der Waals surface area contributed by atoms with Crippen LogP contribution in [0.15, 0.2) is 53.4 Å². The molecule has 0 aromatic heterocycles. The van der Waals surface area contributed by atoms with Crippen LogP contribution in [0.25, 0.3) is 0 Å². The van der Waals surface area contributed by atoms with Crippen molar-refractivity contribution < 1.29 is 22.7 Å². The van der Waals surface area contributed by atoms with E-state index >= 15 is 0 Å². The predicted molar refractivity (Wildman–Crippen MR) is 110 cm³/mol. The van der Waals surface area contributed by atoms with Crippen molar-refractivity contribution in [2.75, 3.05) is 18.4 Å². The molecule has 0 aliphatic rings. The number of methoxy groups -OCH3 is 1. The minimum absolute atomic E-state index is 0.0262. The number of hydrogen-bond acceptors (Lipinski definition) is 5. The number of anilines is 1. The highest BCUT2D eigenvalue weighted by Crippen LogP contribution is 2.20. The van der Waals surface area contributed by atoms with Crippen molar-refractivity contribution in [3.8, 4) is 5.75 Å². The Morgan fingerprint density at radius 3 is 2.38 bits per heavy atom. The molecule has 0 atom stereocenters. The average molecular weight is 420 g/mol. The molecule has 3 N–H and O–H groups in total.